The molecule has 0 aliphatic heterocycles. The molecule has 1 aromatic rings. The van der Waals surface area contributed by atoms with Gasteiger partial charge in [0.1, 0.15) is 5.75 Å². The number of benzene rings is 1. The second kappa shape index (κ2) is 4.80. The zero-order valence-corrected chi connectivity index (χ0v) is 10.1. The molecule has 2 nitrogen and oxygen atoms in total. The van der Waals surface area contributed by atoms with E-state index in [9.17, 15) is 5.11 Å². The Bertz CT molecular complexity index is 325. The quantitative estimate of drug-likeness (QED) is 0.875. The van der Waals surface area contributed by atoms with Crippen molar-refractivity contribution in [2.24, 2.45) is 11.7 Å². The average molecular weight is 258 g/mol. The molecule has 1 unspecified atom stereocenters. The summed E-state index contributed by atoms with van der Waals surface area (Å²) in [6.45, 7) is 4.68. The van der Waals surface area contributed by atoms with E-state index in [2.05, 4.69) is 22.9 Å². The van der Waals surface area contributed by atoms with Crippen LogP contribution in [0.15, 0.2) is 16.6 Å². The molecule has 0 saturated carbocycles. The number of phenolic OH excluding ortho intramolecular Hbond substituents is 1. The van der Waals surface area contributed by atoms with Gasteiger partial charge in [-0.15, -0.1) is 0 Å². The second-order valence-corrected chi connectivity index (χ2v) is 4.63. The van der Waals surface area contributed by atoms with E-state index in [0.717, 1.165) is 22.0 Å². The Balaban J connectivity index is 2.92. The molecular formula is C11H16BrNO. The third-order valence-electron chi connectivity index (χ3n) is 2.33. The first kappa shape index (κ1) is 11.5. The number of hydrogen-bond acceptors (Lipinski definition) is 2. The molecule has 0 spiro atoms. The highest BCUT2D eigenvalue weighted by molar-refractivity contribution is 9.10. The molecular weight excluding hydrogens is 242 g/mol. The van der Waals surface area contributed by atoms with Crippen molar-refractivity contribution in [3.63, 3.8) is 0 Å². The molecule has 0 heterocycles. The number of hydrogen-bond donors (Lipinski definition) is 2. The van der Waals surface area contributed by atoms with E-state index in [1.54, 1.807) is 6.07 Å². The minimum absolute atomic E-state index is 0.367. The van der Waals surface area contributed by atoms with Crippen LogP contribution in [0, 0.1) is 12.8 Å². The molecule has 0 aromatic heterocycles. The summed E-state index contributed by atoms with van der Waals surface area (Å²) in [6.07, 6.45) is 0.821. The van der Waals surface area contributed by atoms with Gasteiger partial charge in [-0.05, 0) is 49.1 Å². The summed E-state index contributed by atoms with van der Waals surface area (Å²) < 4.78 is 1.04. The minimum atomic E-state index is 0.367. The zero-order chi connectivity index (χ0) is 10.7. The Kier molecular flexibility index (Phi) is 3.96. The zero-order valence-electron chi connectivity index (χ0n) is 8.55. The Hall–Kier alpha value is -0.540. The molecule has 14 heavy (non-hydrogen) atoms. The highest BCUT2D eigenvalue weighted by Gasteiger charge is 2.08. The molecule has 1 aromatic carbocycles. The van der Waals surface area contributed by atoms with E-state index < -0.39 is 0 Å². The maximum absolute atomic E-state index is 9.70. The SMILES string of the molecule is Cc1cc(O)c(CC(C)CN)cc1Br. The largest absolute Gasteiger partial charge is 0.508 e. The van der Waals surface area contributed by atoms with Crippen molar-refractivity contribution < 1.29 is 5.11 Å². The van der Waals surface area contributed by atoms with Gasteiger partial charge in [-0.2, -0.15) is 0 Å². The number of phenols is 1. The average Bonchev–Trinajstić information content (AvgIpc) is 2.14. The van der Waals surface area contributed by atoms with Gasteiger partial charge in [0.2, 0.25) is 0 Å². The van der Waals surface area contributed by atoms with Crippen LogP contribution < -0.4 is 5.73 Å². The van der Waals surface area contributed by atoms with Gasteiger partial charge < -0.3 is 10.8 Å². The number of aryl methyl sites for hydroxylation is 1. The Morgan fingerprint density at radius 2 is 2.14 bits per heavy atom. The number of rotatable bonds is 3. The summed E-state index contributed by atoms with van der Waals surface area (Å²) >= 11 is 3.45. The van der Waals surface area contributed by atoms with Crippen LogP contribution in [0.3, 0.4) is 0 Å². The van der Waals surface area contributed by atoms with E-state index in [-0.39, 0.29) is 0 Å². The monoisotopic (exact) mass is 257 g/mol. The summed E-state index contributed by atoms with van der Waals surface area (Å²) in [5, 5.41) is 9.70. The van der Waals surface area contributed by atoms with Crippen molar-refractivity contribution in [2.45, 2.75) is 20.3 Å². The van der Waals surface area contributed by atoms with Crippen LogP contribution in [-0.4, -0.2) is 11.7 Å². The van der Waals surface area contributed by atoms with E-state index >= 15 is 0 Å². The highest BCUT2D eigenvalue weighted by Crippen LogP contribution is 2.27. The third kappa shape index (κ3) is 2.72. The fourth-order valence-corrected chi connectivity index (χ4v) is 1.72. The molecule has 0 amide bonds. The molecule has 1 rings (SSSR count). The van der Waals surface area contributed by atoms with Crippen LogP contribution in [0.1, 0.15) is 18.1 Å². The highest BCUT2D eigenvalue weighted by atomic mass is 79.9. The standard InChI is InChI=1S/C11H16BrNO/c1-7(6-13)3-9-5-10(12)8(2)4-11(9)14/h4-5,7,14H,3,6,13H2,1-2H3. The van der Waals surface area contributed by atoms with E-state index in [1.165, 1.54) is 0 Å². The number of nitrogens with two attached hydrogens (primary N) is 1. The van der Waals surface area contributed by atoms with Crippen LogP contribution in [0.25, 0.3) is 0 Å². The van der Waals surface area contributed by atoms with Gasteiger partial charge in [0.05, 0.1) is 0 Å². The molecule has 0 radical (unpaired) electrons. The predicted molar refractivity (Wildman–Crippen MR) is 62.5 cm³/mol. The van der Waals surface area contributed by atoms with Crippen LogP contribution in [0.2, 0.25) is 0 Å². The maximum Gasteiger partial charge on any atom is 0.119 e. The molecule has 0 fully saturated rings. The van der Waals surface area contributed by atoms with Crippen molar-refractivity contribution in [1.29, 1.82) is 0 Å². The van der Waals surface area contributed by atoms with Crippen LogP contribution in [0.5, 0.6) is 5.75 Å². The predicted octanol–water partition coefficient (Wildman–Crippen LogP) is 2.60. The molecule has 3 heteroatoms. The van der Waals surface area contributed by atoms with Crippen LogP contribution in [-0.2, 0) is 6.42 Å². The lowest BCUT2D eigenvalue weighted by Crippen LogP contribution is -2.13. The number of aromatic hydroxyl groups is 1. The van der Waals surface area contributed by atoms with Crippen molar-refractivity contribution in [3.05, 3.63) is 27.7 Å². The Morgan fingerprint density at radius 3 is 2.71 bits per heavy atom. The van der Waals surface area contributed by atoms with Gasteiger partial charge in [0.15, 0.2) is 0 Å². The van der Waals surface area contributed by atoms with Crippen LogP contribution in [0.4, 0.5) is 0 Å². The molecule has 0 bridgehead atoms. The van der Waals surface area contributed by atoms with Crippen molar-refractivity contribution in [3.8, 4) is 5.75 Å². The first-order valence-corrected chi connectivity index (χ1v) is 5.52. The topological polar surface area (TPSA) is 46.2 Å². The van der Waals surface area contributed by atoms with E-state index in [0.29, 0.717) is 18.2 Å². The number of halogens is 1. The fourth-order valence-electron chi connectivity index (χ4n) is 1.33. The van der Waals surface area contributed by atoms with Gasteiger partial charge in [0.25, 0.3) is 0 Å². The van der Waals surface area contributed by atoms with Gasteiger partial charge in [-0.3, -0.25) is 0 Å². The molecule has 3 N–H and O–H groups in total. The maximum atomic E-state index is 9.70. The third-order valence-corrected chi connectivity index (χ3v) is 3.18. The van der Waals surface area contributed by atoms with Crippen molar-refractivity contribution >= 4 is 15.9 Å². The van der Waals surface area contributed by atoms with Crippen molar-refractivity contribution in [1.82, 2.24) is 0 Å². The summed E-state index contributed by atoms with van der Waals surface area (Å²) in [4.78, 5) is 0. The summed E-state index contributed by atoms with van der Waals surface area (Å²) in [7, 11) is 0. The molecule has 0 saturated heterocycles. The van der Waals surface area contributed by atoms with Gasteiger partial charge >= 0.3 is 0 Å². The lowest BCUT2D eigenvalue weighted by molar-refractivity contribution is 0.459. The molecule has 0 aliphatic carbocycles. The smallest absolute Gasteiger partial charge is 0.119 e. The first-order chi connectivity index (χ1) is 6.54. The van der Waals surface area contributed by atoms with Gasteiger partial charge in [0, 0.05) is 4.47 Å². The van der Waals surface area contributed by atoms with E-state index in [4.69, 9.17) is 5.73 Å². The van der Waals surface area contributed by atoms with Crippen molar-refractivity contribution in [2.75, 3.05) is 6.54 Å². The molecule has 1 atom stereocenters. The lowest BCUT2D eigenvalue weighted by atomic mass is 9.99. The van der Waals surface area contributed by atoms with E-state index in [1.807, 2.05) is 13.0 Å². The first-order valence-electron chi connectivity index (χ1n) is 4.72. The minimum Gasteiger partial charge on any atom is -0.508 e. The molecule has 78 valence electrons. The molecule has 0 aliphatic rings. The lowest BCUT2D eigenvalue weighted by Gasteiger charge is -2.11. The van der Waals surface area contributed by atoms with Gasteiger partial charge in [-0.25, -0.2) is 0 Å². The summed E-state index contributed by atoms with van der Waals surface area (Å²) in [5.74, 6) is 0.765. The van der Waals surface area contributed by atoms with Gasteiger partial charge in [-0.1, -0.05) is 22.9 Å². The second-order valence-electron chi connectivity index (χ2n) is 3.78. The summed E-state index contributed by atoms with van der Waals surface area (Å²) in [5.41, 5.74) is 7.55. The fraction of sp³-hybridized carbons (Fsp3) is 0.455. The normalized spacial score (nSPS) is 12.9. The van der Waals surface area contributed by atoms with Crippen LogP contribution >= 0.6 is 15.9 Å². The Labute approximate surface area is 93.3 Å². The summed E-state index contributed by atoms with van der Waals surface area (Å²) in [6, 6.07) is 3.75. The Morgan fingerprint density at radius 1 is 1.50 bits per heavy atom.